The first-order valence-corrected chi connectivity index (χ1v) is 6.35. The number of furan rings is 1. The smallest absolute Gasteiger partial charge is 0.257 e. The molecule has 0 aliphatic heterocycles. The molecule has 1 unspecified atom stereocenters. The minimum atomic E-state index is -0.194. The topological polar surface area (TPSA) is 68.3 Å². The van der Waals surface area contributed by atoms with Crippen LogP contribution >= 0.6 is 0 Å². The van der Waals surface area contributed by atoms with Crippen LogP contribution in [0.1, 0.15) is 53.2 Å². The van der Waals surface area contributed by atoms with Crippen LogP contribution in [0.5, 0.6) is 0 Å². The van der Waals surface area contributed by atoms with E-state index in [1.54, 1.807) is 6.92 Å². The molecule has 1 amide bonds. The van der Waals surface area contributed by atoms with Crippen LogP contribution in [0.2, 0.25) is 0 Å². The van der Waals surface area contributed by atoms with Gasteiger partial charge in [0.15, 0.2) is 0 Å². The molecular weight excluding hydrogens is 244 g/mol. The molecule has 2 aromatic rings. The lowest BCUT2D eigenvalue weighted by molar-refractivity contribution is 0.0933. The summed E-state index contributed by atoms with van der Waals surface area (Å²) in [7, 11) is 0. The molecule has 19 heavy (non-hydrogen) atoms. The van der Waals surface area contributed by atoms with Gasteiger partial charge in [-0.25, -0.2) is 0 Å². The van der Waals surface area contributed by atoms with E-state index in [1.165, 1.54) is 0 Å². The molecule has 102 valence electrons. The highest BCUT2D eigenvalue weighted by molar-refractivity contribution is 5.96. The summed E-state index contributed by atoms with van der Waals surface area (Å²) >= 11 is 0. The average Bonchev–Trinajstić information content (AvgIpc) is 2.95. The molecular formula is C14H18N2O3. The molecule has 2 aromatic heterocycles. The van der Waals surface area contributed by atoms with Crippen LogP contribution in [-0.4, -0.2) is 11.1 Å². The Morgan fingerprint density at radius 3 is 2.74 bits per heavy atom. The van der Waals surface area contributed by atoms with Crippen molar-refractivity contribution in [1.29, 1.82) is 0 Å². The maximum Gasteiger partial charge on any atom is 0.257 e. The van der Waals surface area contributed by atoms with Crippen LogP contribution in [0.25, 0.3) is 0 Å². The van der Waals surface area contributed by atoms with Crippen molar-refractivity contribution in [3.8, 4) is 0 Å². The van der Waals surface area contributed by atoms with E-state index < -0.39 is 0 Å². The highest BCUT2D eigenvalue weighted by Crippen LogP contribution is 2.18. The van der Waals surface area contributed by atoms with Crippen molar-refractivity contribution in [2.45, 2.75) is 40.2 Å². The second-order valence-electron chi connectivity index (χ2n) is 4.56. The van der Waals surface area contributed by atoms with Crippen LogP contribution in [-0.2, 0) is 6.42 Å². The molecule has 0 aromatic carbocycles. The van der Waals surface area contributed by atoms with Gasteiger partial charge in [-0.1, -0.05) is 12.1 Å². The van der Waals surface area contributed by atoms with Crippen molar-refractivity contribution >= 4 is 5.91 Å². The van der Waals surface area contributed by atoms with Crippen LogP contribution in [0.15, 0.2) is 21.1 Å². The molecule has 1 atom stereocenters. The van der Waals surface area contributed by atoms with Crippen molar-refractivity contribution in [3.63, 3.8) is 0 Å². The average molecular weight is 262 g/mol. The number of nitrogens with one attached hydrogen (secondary N) is 1. The zero-order valence-corrected chi connectivity index (χ0v) is 11.6. The van der Waals surface area contributed by atoms with Gasteiger partial charge in [0.2, 0.25) is 0 Å². The molecule has 2 heterocycles. The number of aryl methyl sites for hydroxylation is 3. The summed E-state index contributed by atoms with van der Waals surface area (Å²) in [4.78, 5) is 12.2. The van der Waals surface area contributed by atoms with Gasteiger partial charge in [0.25, 0.3) is 5.91 Å². The second kappa shape index (κ2) is 5.30. The lowest BCUT2D eigenvalue weighted by Gasteiger charge is -2.11. The Kier molecular flexibility index (Phi) is 3.74. The predicted octanol–water partition coefficient (Wildman–Crippen LogP) is 2.94. The van der Waals surface area contributed by atoms with Crippen molar-refractivity contribution in [2.75, 3.05) is 0 Å². The fourth-order valence-electron chi connectivity index (χ4n) is 1.98. The van der Waals surface area contributed by atoms with Gasteiger partial charge in [-0.05, 0) is 39.3 Å². The number of nitrogens with zero attached hydrogens (tertiary/aromatic N) is 1. The highest BCUT2D eigenvalue weighted by atomic mass is 16.5. The summed E-state index contributed by atoms with van der Waals surface area (Å²) in [5, 5.41) is 6.77. The molecule has 1 N–H and O–H groups in total. The van der Waals surface area contributed by atoms with E-state index in [-0.39, 0.29) is 11.9 Å². The van der Waals surface area contributed by atoms with Gasteiger partial charge < -0.3 is 14.3 Å². The van der Waals surface area contributed by atoms with E-state index in [4.69, 9.17) is 8.94 Å². The number of carbonyl (C=O) groups is 1. The third-order valence-electron chi connectivity index (χ3n) is 3.03. The van der Waals surface area contributed by atoms with Crippen molar-refractivity contribution in [1.82, 2.24) is 10.5 Å². The largest absolute Gasteiger partial charge is 0.464 e. The third kappa shape index (κ3) is 2.70. The van der Waals surface area contributed by atoms with E-state index in [2.05, 4.69) is 10.5 Å². The number of aromatic nitrogens is 1. The Balaban J connectivity index is 2.14. The van der Waals surface area contributed by atoms with E-state index >= 15 is 0 Å². The number of rotatable bonds is 4. The fraction of sp³-hybridized carbons (Fsp3) is 0.429. The molecule has 0 saturated heterocycles. The molecule has 5 heteroatoms. The number of carbonyl (C=O) groups excluding carboxylic acids is 1. The molecule has 0 aliphatic carbocycles. The Bertz CT molecular complexity index is 583. The maximum absolute atomic E-state index is 12.2. The van der Waals surface area contributed by atoms with E-state index in [9.17, 15) is 4.79 Å². The maximum atomic E-state index is 12.2. The van der Waals surface area contributed by atoms with Gasteiger partial charge in [-0.2, -0.15) is 0 Å². The molecule has 0 bridgehead atoms. The highest BCUT2D eigenvalue weighted by Gasteiger charge is 2.21. The first-order chi connectivity index (χ1) is 9.02. The quantitative estimate of drug-likeness (QED) is 0.919. The molecule has 0 fully saturated rings. The second-order valence-corrected chi connectivity index (χ2v) is 4.56. The first kappa shape index (κ1) is 13.4. The van der Waals surface area contributed by atoms with Crippen molar-refractivity contribution in [3.05, 3.63) is 40.7 Å². The molecule has 5 nitrogen and oxygen atoms in total. The number of hydrogen-bond acceptors (Lipinski definition) is 4. The van der Waals surface area contributed by atoms with Gasteiger partial charge in [-0.3, -0.25) is 4.79 Å². The monoisotopic (exact) mass is 262 g/mol. The van der Waals surface area contributed by atoms with Crippen LogP contribution in [0.4, 0.5) is 0 Å². The molecule has 0 spiro atoms. The standard InChI is InChI=1S/C14H18N2O3/c1-5-11-13(10(4)19-16-11)14(17)15-9(3)12-7-6-8(2)18-12/h6-7,9H,5H2,1-4H3,(H,15,17). The van der Waals surface area contributed by atoms with Gasteiger partial charge in [-0.15, -0.1) is 0 Å². The van der Waals surface area contributed by atoms with Gasteiger partial charge >= 0.3 is 0 Å². The van der Waals surface area contributed by atoms with Gasteiger partial charge in [0.1, 0.15) is 22.8 Å². The van der Waals surface area contributed by atoms with Crippen molar-refractivity contribution in [2.24, 2.45) is 0 Å². The predicted molar refractivity (Wildman–Crippen MR) is 69.9 cm³/mol. The molecule has 0 aliphatic rings. The Hall–Kier alpha value is -2.04. The third-order valence-corrected chi connectivity index (χ3v) is 3.03. The minimum Gasteiger partial charge on any atom is -0.464 e. The molecule has 0 radical (unpaired) electrons. The lowest BCUT2D eigenvalue weighted by Crippen LogP contribution is -2.27. The molecule has 0 saturated carbocycles. The summed E-state index contributed by atoms with van der Waals surface area (Å²) in [6.07, 6.45) is 0.661. The van der Waals surface area contributed by atoms with E-state index in [1.807, 2.05) is 32.9 Å². The Morgan fingerprint density at radius 1 is 1.42 bits per heavy atom. The Morgan fingerprint density at radius 2 is 2.16 bits per heavy atom. The summed E-state index contributed by atoms with van der Waals surface area (Å²) in [6.45, 7) is 7.43. The van der Waals surface area contributed by atoms with Crippen LogP contribution in [0.3, 0.4) is 0 Å². The van der Waals surface area contributed by atoms with Crippen LogP contribution < -0.4 is 5.32 Å². The lowest BCUT2D eigenvalue weighted by atomic mass is 10.1. The summed E-state index contributed by atoms with van der Waals surface area (Å²) in [6, 6.07) is 3.54. The van der Waals surface area contributed by atoms with E-state index in [0.29, 0.717) is 23.4 Å². The zero-order chi connectivity index (χ0) is 14.0. The summed E-state index contributed by atoms with van der Waals surface area (Å²) in [5.74, 6) is 1.92. The SMILES string of the molecule is CCc1noc(C)c1C(=O)NC(C)c1ccc(C)o1. The fourth-order valence-corrected chi connectivity index (χ4v) is 1.98. The van der Waals surface area contributed by atoms with Gasteiger partial charge in [0, 0.05) is 0 Å². The normalized spacial score (nSPS) is 12.4. The van der Waals surface area contributed by atoms with Crippen LogP contribution in [0, 0.1) is 13.8 Å². The number of hydrogen-bond donors (Lipinski definition) is 1. The number of amides is 1. The Labute approximate surface area is 112 Å². The minimum absolute atomic E-state index is 0.183. The first-order valence-electron chi connectivity index (χ1n) is 6.35. The summed E-state index contributed by atoms with van der Waals surface area (Å²) in [5.41, 5.74) is 1.20. The van der Waals surface area contributed by atoms with Gasteiger partial charge in [0.05, 0.1) is 11.7 Å². The summed E-state index contributed by atoms with van der Waals surface area (Å²) < 4.78 is 10.6. The molecule has 2 rings (SSSR count). The zero-order valence-electron chi connectivity index (χ0n) is 11.6. The van der Waals surface area contributed by atoms with E-state index in [0.717, 1.165) is 11.5 Å². The van der Waals surface area contributed by atoms with Crippen molar-refractivity contribution < 1.29 is 13.7 Å².